The lowest BCUT2D eigenvalue weighted by atomic mass is 10.0. The van der Waals surface area contributed by atoms with E-state index in [-0.39, 0.29) is 12.0 Å². The van der Waals surface area contributed by atoms with Crippen LogP contribution in [0.5, 0.6) is 5.88 Å². The first-order chi connectivity index (χ1) is 20.9. The topological polar surface area (TPSA) is 73.7 Å². The number of benzene rings is 1. The third-order valence-electron chi connectivity index (χ3n) is 8.41. The molecule has 2 aliphatic rings. The number of hydrogen-bond donors (Lipinski definition) is 1. The van der Waals surface area contributed by atoms with Gasteiger partial charge in [0.2, 0.25) is 5.88 Å². The summed E-state index contributed by atoms with van der Waals surface area (Å²) in [5.41, 5.74) is 2.14. The number of alkyl halides is 3. The van der Waals surface area contributed by atoms with Crippen molar-refractivity contribution < 1.29 is 27.4 Å². The van der Waals surface area contributed by atoms with E-state index in [1.54, 1.807) is 12.4 Å². The number of nitrogens with zero attached hydrogens (tertiary/aromatic N) is 4. The highest BCUT2D eigenvalue weighted by molar-refractivity contribution is 6.08. The number of rotatable bonds is 12. The van der Waals surface area contributed by atoms with Gasteiger partial charge >= 0.3 is 6.18 Å². The van der Waals surface area contributed by atoms with Gasteiger partial charge in [0.1, 0.15) is 11.7 Å². The van der Waals surface area contributed by atoms with E-state index in [9.17, 15) is 13.2 Å². The average molecular weight is 598 g/mol. The summed E-state index contributed by atoms with van der Waals surface area (Å²) in [5.74, 6) is -0.350. The highest BCUT2D eigenvalue weighted by Gasteiger charge is 2.37. The van der Waals surface area contributed by atoms with Gasteiger partial charge in [-0.15, -0.1) is 0 Å². The van der Waals surface area contributed by atoms with Gasteiger partial charge < -0.3 is 29.0 Å². The number of nitrogens with one attached hydrogen (secondary N) is 1. The quantitative estimate of drug-likeness (QED) is 0.218. The summed E-state index contributed by atoms with van der Waals surface area (Å²) < 4.78 is 61.9. The molecule has 3 aromatic heterocycles. The summed E-state index contributed by atoms with van der Waals surface area (Å²) in [4.78, 5) is 10.7. The van der Waals surface area contributed by atoms with E-state index in [0.717, 1.165) is 80.0 Å². The molecule has 0 spiro atoms. The summed E-state index contributed by atoms with van der Waals surface area (Å²) in [6, 6.07) is 8.74. The van der Waals surface area contributed by atoms with Gasteiger partial charge in [-0.05, 0) is 49.4 Å². The molecule has 1 aromatic carbocycles. The number of aromatic nitrogens is 3. The maximum absolute atomic E-state index is 14.2. The molecule has 0 bridgehead atoms. The van der Waals surface area contributed by atoms with Gasteiger partial charge in [-0.1, -0.05) is 12.1 Å². The Morgan fingerprint density at radius 1 is 0.907 bits per heavy atom. The van der Waals surface area contributed by atoms with Crippen LogP contribution in [-0.2, 0) is 22.7 Å². The van der Waals surface area contributed by atoms with Crippen LogP contribution in [0.3, 0.4) is 0 Å². The number of halogens is 3. The zero-order valence-corrected chi connectivity index (χ0v) is 24.4. The predicted molar refractivity (Wildman–Crippen MR) is 159 cm³/mol. The number of likely N-dealkylation sites (tertiary alicyclic amines) is 1. The van der Waals surface area contributed by atoms with Crippen LogP contribution in [0.1, 0.15) is 31.2 Å². The number of aryl methyl sites for hydroxylation is 1. The Bertz CT molecular complexity index is 1530. The molecule has 43 heavy (non-hydrogen) atoms. The third kappa shape index (κ3) is 6.95. The lowest BCUT2D eigenvalue weighted by molar-refractivity contribution is -0.139. The van der Waals surface area contributed by atoms with Crippen LogP contribution in [0, 0.1) is 0 Å². The minimum Gasteiger partial charge on any atom is -0.474 e. The van der Waals surface area contributed by atoms with Crippen LogP contribution < -0.4 is 10.1 Å². The van der Waals surface area contributed by atoms with Crippen molar-refractivity contribution in [3.63, 3.8) is 0 Å². The zero-order valence-electron chi connectivity index (χ0n) is 24.4. The average Bonchev–Trinajstić information content (AvgIpc) is 3.27. The first-order valence-corrected chi connectivity index (χ1v) is 15.1. The molecule has 11 heteroatoms. The van der Waals surface area contributed by atoms with Crippen LogP contribution in [0.4, 0.5) is 13.2 Å². The molecule has 6 rings (SSSR count). The van der Waals surface area contributed by atoms with E-state index in [1.807, 2.05) is 35.9 Å². The Morgan fingerprint density at radius 3 is 2.49 bits per heavy atom. The van der Waals surface area contributed by atoms with E-state index in [2.05, 4.69) is 20.2 Å². The SMILES string of the molecule is Cn1c2ccncc2c2ccc(-c3cnc(OC4CCN(CCCOCCCOC5CNC5)CC4)c(C(F)(F)F)c3)cc21. The predicted octanol–water partition coefficient (Wildman–Crippen LogP) is 5.44. The van der Waals surface area contributed by atoms with Crippen LogP contribution in [0.25, 0.3) is 32.9 Å². The lowest BCUT2D eigenvalue weighted by Crippen LogP contribution is -2.48. The first-order valence-electron chi connectivity index (χ1n) is 15.1. The largest absolute Gasteiger partial charge is 0.474 e. The molecule has 0 aliphatic carbocycles. The lowest BCUT2D eigenvalue weighted by Gasteiger charge is -2.32. The third-order valence-corrected chi connectivity index (χ3v) is 8.41. The monoisotopic (exact) mass is 597 g/mol. The second-order valence-corrected chi connectivity index (χ2v) is 11.4. The zero-order chi connectivity index (χ0) is 29.8. The molecule has 0 radical (unpaired) electrons. The number of pyridine rings is 2. The van der Waals surface area contributed by atoms with Crippen LogP contribution >= 0.6 is 0 Å². The minimum absolute atomic E-state index is 0.307. The Morgan fingerprint density at radius 2 is 1.72 bits per heavy atom. The standard InChI is InChI=1S/C32H38F3N5O3/c1-39-29-6-9-36-21-27(29)26-5-4-22(17-30(26)39)23-16-28(32(33,34)35)31(38-18-23)43-24-7-11-40(12-8-24)10-2-13-41-14-3-15-42-25-19-37-20-25/h4-6,9,16-18,21,24-25,37H,2-3,7-8,10-15,19-20H2,1H3. The van der Waals surface area contributed by atoms with E-state index in [0.29, 0.717) is 43.3 Å². The van der Waals surface area contributed by atoms with E-state index < -0.39 is 11.7 Å². The highest BCUT2D eigenvalue weighted by atomic mass is 19.4. The molecule has 1 N–H and O–H groups in total. The molecule has 0 atom stereocenters. The number of ether oxygens (including phenoxy) is 3. The summed E-state index contributed by atoms with van der Waals surface area (Å²) in [5, 5.41) is 5.18. The van der Waals surface area contributed by atoms with E-state index >= 15 is 0 Å². The van der Waals surface area contributed by atoms with Gasteiger partial charge in [-0.3, -0.25) is 4.98 Å². The van der Waals surface area contributed by atoms with Crippen molar-refractivity contribution in [2.24, 2.45) is 7.05 Å². The molecule has 5 heterocycles. The molecular formula is C32H38F3N5O3. The van der Waals surface area contributed by atoms with Gasteiger partial charge in [-0.2, -0.15) is 13.2 Å². The molecular weight excluding hydrogens is 559 g/mol. The van der Waals surface area contributed by atoms with Gasteiger partial charge in [0, 0.05) is 100 Å². The van der Waals surface area contributed by atoms with Crippen molar-refractivity contribution in [2.45, 2.75) is 44.1 Å². The summed E-state index contributed by atoms with van der Waals surface area (Å²) in [7, 11) is 1.94. The highest BCUT2D eigenvalue weighted by Crippen LogP contribution is 2.39. The molecule has 0 saturated carbocycles. The Labute approximate surface area is 249 Å². The van der Waals surface area contributed by atoms with Crippen LogP contribution in [-0.4, -0.2) is 84.2 Å². The van der Waals surface area contributed by atoms with Crippen molar-refractivity contribution in [1.29, 1.82) is 0 Å². The van der Waals surface area contributed by atoms with Gasteiger partial charge in [0.05, 0.1) is 11.6 Å². The summed E-state index contributed by atoms with van der Waals surface area (Å²) in [6.07, 6.45) is 3.59. The first kappa shape index (κ1) is 29.8. The van der Waals surface area contributed by atoms with Crippen molar-refractivity contribution in [3.05, 3.63) is 54.5 Å². The molecule has 0 amide bonds. The fourth-order valence-corrected chi connectivity index (χ4v) is 5.83. The molecule has 2 fully saturated rings. The van der Waals surface area contributed by atoms with Crippen molar-refractivity contribution in [2.75, 3.05) is 52.5 Å². The maximum atomic E-state index is 14.2. The molecule has 2 saturated heterocycles. The summed E-state index contributed by atoms with van der Waals surface area (Å²) >= 11 is 0. The molecule has 8 nitrogen and oxygen atoms in total. The molecule has 4 aromatic rings. The number of hydrogen-bond acceptors (Lipinski definition) is 7. The second kappa shape index (κ2) is 13.2. The molecule has 230 valence electrons. The van der Waals surface area contributed by atoms with Gasteiger partial charge in [-0.25, -0.2) is 4.98 Å². The minimum atomic E-state index is -4.59. The van der Waals surface area contributed by atoms with E-state index in [1.165, 1.54) is 6.20 Å². The van der Waals surface area contributed by atoms with Crippen molar-refractivity contribution >= 4 is 21.8 Å². The number of piperidine rings is 1. The normalized spacial score (nSPS) is 17.1. The maximum Gasteiger partial charge on any atom is 0.421 e. The fraction of sp³-hybridized carbons (Fsp3) is 0.500. The van der Waals surface area contributed by atoms with Crippen molar-refractivity contribution in [3.8, 4) is 17.0 Å². The smallest absolute Gasteiger partial charge is 0.421 e. The van der Waals surface area contributed by atoms with Gasteiger partial charge in [0.15, 0.2) is 0 Å². The Balaban J connectivity index is 1.02. The molecule has 2 aliphatic heterocycles. The van der Waals surface area contributed by atoms with Crippen LogP contribution in [0.15, 0.2) is 48.9 Å². The Kier molecular flexibility index (Phi) is 9.13. The molecule has 0 unspecified atom stereocenters. The summed E-state index contributed by atoms with van der Waals surface area (Å²) in [6.45, 7) is 6.44. The number of fused-ring (bicyclic) bond motifs is 3. The van der Waals surface area contributed by atoms with E-state index in [4.69, 9.17) is 14.2 Å². The Hall–Kier alpha value is -3.25. The van der Waals surface area contributed by atoms with Crippen LogP contribution in [0.2, 0.25) is 0 Å². The van der Waals surface area contributed by atoms with Gasteiger partial charge in [0.25, 0.3) is 0 Å². The van der Waals surface area contributed by atoms with Crippen molar-refractivity contribution in [1.82, 2.24) is 24.8 Å². The second-order valence-electron chi connectivity index (χ2n) is 11.4. The fourth-order valence-electron chi connectivity index (χ4n) is 5.83.